The van der Waals surface area contributed by atoms with Gasteiger partial charge in [0.05, 0.1) is 0 Å². The normalized spacial score (nSPS) is 20.6. The van der Waals surface area contributed by atoms with E-state index in [2.05, 4.69) is 19.1 Å². The van der Waals surface area contributed by atoms with Crippen molar-refractivity contribution in [1.29, 1.82) is 0 Å². The average Bonchev–Trinajstić information content (AvgIpc) is 3.15. The van der Waals surface area contributed by atoms with Crippen LogP contribution in [0.5, 0.6) is 0 Å². The number of benzene rings is 2. The standard InChI is InChI=1S/C28H30F4/c1-2-3-4-5-18-6-8-19(9-7-18)10-11-20-12-26(31)28(27(32)13-20)23-14-21-16-24(29)25(30)17-22(21)15-23/h2-3,12-14,16-19H,4-11,15H2,1H3/b3-2+. The molecule has 0 radical (unpaired) electrons. The van der Waals surface area contributed by atoms with Gasteiger partial charge in [0.15, 0.2) is 11.6 Å². The number of hydrogen-bond donors (Lipinski definition) is 0. The monoisotopic (exact) mass is 442 g/mol. The molecule has 0 atom stereocenters. The molecule has 4 heteroatoms. The van der Waals surface area contributed by atoms with Gasteiger partial charge in [-0.05, 0) is 97.4 Å². The maximum Gasteiger partial charge on any atom is 0.159 e. The number of allylic oxidation sites excluding steroid dienone is 3. The first-order chi connectivity index (χ1) is 15.4. The number of halogens is 4. The molecule has 2 aromatic carbocycles. The molecule has 0 aromatic heterocycles. The zero-order valence-corrected chi connectivity index (χ0v) is 18.6. The molecular weight excluding hydrogens is 412 g/mol. The van der Waals surface area contributed by atoms with E-state index in [0.717, 1.165) is 30.9 Å². The molecule has 0 N–H and O–H groups in total. The Hall–Kier alpha value is -2.36. The van der Waals surface area contributed by atoms with Crippen molar-refractivity contribution in [3.05, 3.63) is 81.9 Å². The molecule has 1 fully saturated rings. The van der Waals surface area contributed by atoms with Crippen LogP contribution in [-0.4, -0.2) is 0 Å². The molecule has 0 nitrogen and oxygen atoms in total. The summed E-state index contributed by atoms with van der Waals surface area (Å²) in [5.74, 6) is -1.68. The molecule has 2 aliphatic rings. The van der Waals surface area contributed by atoms with E-state index in [1.54, 1.807) is 6.08 Å². The van der Waals surface area contributed by atoms with E-state index in [1.807, 2.05) is 0 Å². The number of hydrogen-bond acceptors (Lipinski definition) is 0. The van der Waals surface area contributed by atoms with Gasteiger partial charge in [-0.3, -0.25) is 0 Å². The van der Waals surface area contributed by atoms with Crippen LogP contribution in [0.3, 0.4) is 0 Å². The van der Waals surface area contributed by atoms with Gasteiger partial charge in [-0.2, -0.15) is 0 Å². The molecule has 0 amide bonds. The van der Waals surface area contributed by atoms with Crippen LogP contribution in [-0.2, 0) is 12.8 Å². The van der Waals surface area contributed by atoms with Gasteiger partial charge < -0.3 is 0 Å². The Morgan fingerprint density at radius 2 is 1.44 bits per heavy atom. The Morgan fingerprint density at radius 1 is 0.812 bits per heavy atom. The predicted octanol–water partition coefficient (Wildman–Crippen LogP) is 8.44. The lowest BCUT2D eigenvalue weighted by Crippen LogP contribution is -2.15. The van der Waals surface area contributed by atoms with Gasteiger partial charge in [0.1, 0.15) is 11.6 Å². The zero-order chi connectivity index (χ0) is 22.7. The van der Waals surface area contributed by atoms with Crippen molar-refractivity contribution in [2.24, 2.45) is 11.8 Å². The lowest BCUT2D eigenvalue weighted by molar-refractivity contribution is 0.254. The van der Waals surface area contributed by atoms with Crippen LogP contribution in [0, 0.1) is 35.1 Å². The molecule has 32 heavy (non-hydrogen) atoms. The maximum absolute atomic E-state index is 14.9. The number of rotatable bonds is 7. The Bertz CT molecular complexity index is 1000. The zero-order valence-electron chi connectivity index (χ0n) is 18.6. The van der Waals surface area contributed by atoms with E-state index in [4.69, 9.17) is 0 Å². The van der Waals surface area contributed by atoms with Crippen LogP contribution in [0.1, 0.15) is 74.1 Å². The van der Waals surface area contributed by atoms with E-state index in [9.17, 15) is 17.6 Å². The van der Waals surface area contributed by atoms with Crippen LogP contribution in [0.4, 0.5) is 17.6 Å². The second kappa shape index (κ2) is 10.1. The van der Waals surface area contributed by atoms with Gasteiger partial charge in [-0.1, -0.05) is 43.9 Å². The van der Waals surface area contributed by atoms with Crippen molar-refractivity contribution in [2.45, 2.75) is 64.7 Å². The van der Waals surface area contributed by atoms with E-state index in [1.165, 1.54) is 44.2 Å². The average molecular weight is 443 g/mol. The van der Waals surface area contributed by atoms with E-state index in [-0.39, 0.29) is 12.0 Å². The first kappa shape index (κ1) is 22.8. The van der Waals surface area contributed by atoms with Crippen LogP contribution in [0.25, 0.3) is 11.6 Å². The first-order valence-corrected chi connectivity index (χ1v) is 11.7. The van der Waals surface area contributed by atoms with Crippen molar-refractivity contribution in [1.82, 2.24) is 0 Å². The Labute approximate surface area is 188 Å². The highest BCUT2D eigenvalue weighted by molar-refractivity contribution is 5.89. The highest BCUT2D eigenvalue weighted by Crippen LogP contribution is 2.37. The Balaban J connectivity index is 1.36. The molecular formula is C28H30F4. The van der Waals surface area contributed by atoms with Gasteiger partial charge in [-0.25, -0.2) is 17.6 Å². The second-order valence-corrected chi connectivity index (χ2v) is 9.32. The van der Waals surface area contributed by atoms with Gasteiger partial charge in [-0.15, -0.1) is 0 Å². The van der Waals surface area contributed by atoms with E-state index in [0.29, 0.717) is 34.6 Å². The van der Waals surface area contributed by atoms with Crippen molar-refractivity contribution in [3.8, 4) is 0 Å². The summed E-state index contributed by atoms with van der Waals surface area (Å²) in [6, 6.07) is 5.03. The minimum Gasteiger partial charge on any atom is -0.206 e. The lowest BCUT2D eigenvalue weighted by Gasteiger charge is -2.28. The van der Waals surface area contributed by atoms with Crippen LogP contribution in [0.2, 0.25) is 0 Å². The fourth-order valence-electron chi connectivity index (χ4n) is 5.25. The quantitative estimate of drug-likeness (QED) is 0.298. The summed E-state index contributed by atoms with van der Waals surface area (Å²) in [6.45, 7) is 2.06. The van der Waals surface area contributed by atoms with E-state index >= 15 is 0 Å². The number of aryl methyl sites for hydroxylation is 1. The largest absolute Gasteiger partial charge is 0.206 e. The van der Waals surface area contributed by atoms with Crippen LogP contribution in [0.15, 0.2) is 36.4 Å². The van der Waals surface area contributed by atoms with Gasteiger partial charge in [0.25, 0.3) is 0 Å². The topological polar surface area (TPSA) is 0 Å². The van der Waals surface area contributed by atoms with Gasteiger partial charge in [0.2, 0.25) is 0 Å². The Morgan fingerprint density at radius 3 is 2.09 bits per heavy atom. The maximum atomic E-state index is 14.9. The molecule has 0 aliphatic heterocycles. The number of fused-ring (bicyclic) bond motifs is 1. The van der Waals surface area contributed by atoms with Crippen molar-refractivity contribution in [3.63, 3.8) is 0 Å². The summed E-state index contributed by atoms with van der Waals surface area (Å²) in [4.78, 5) is 0. The summed E-state index contributed by atoms with van der Waals surface area (Å²) in [7, 11) is 0. The summed E-state index contributed by atoms with van der Waals surface area (Å²) < 4.78 is 56.7. The lowest BCUT2D eigenvalue weighted by atomic mass is 9.78. The first-order valence-electron chi connectivity index (χ1n) is 11.7. The minimum absolute atomic E-state index is 0.0904. The fraction of sp³-hybridized carbons (Fsp3) is 0.429. The third-order valence-corrected chi connectivity index (χ3v) is 7.10. The predicted molar refractivity (Wildman–Crippen MR) is 122 cm³/mol. The van der Waals surface area contributed by atoms with Crippen molar-refractivity contribution < 1.29 is 17.6 Å². The minimum atomic E-state index is -0.954. The molecule has 0 bridgehead atoms. The summed E-state index contributed by atoms with van der Waals surface area (Å²) in [6.07, 6.45) is 15.0. The molecule has 0 saturated heterocycles. The fourth-order valence-corrected chi connectivity index (χ4v) is 5.25. The Kier molecular flexibility index (Phi) is 7.17. The molecule has 2 aliphatic carbocycles. The molecule has 1 saturated carbocycles. The SMILES string of the molecule is C/C=C/CCC1CCC(CCc2cc(F)c(C3=Cc4cc(F)c(F)cc4C3)c(F)c2)CC1. The van der Waals surface area contributed by atoms with Crippen molar-refractivity contribution in [2.75, 3.05) is 0 Å². The molecule has 0 heterocycles. The smallest absolute Gasteiger partial charge is 0.159 e. The van der Waals surface area contributed by atoms with Gasteiger partial charge >= 0.3 is 0 Å². The third kappa shape index (κ3) is 5.16. The van der Waals surface area contributed by atoms with E-state index < -0.39 is 23.3 Å². The van der Waals surface area contributed by atoms with Crippen LogP contribution >= 0.6 is 0 Å². The second-order valence-electron chi connectivity index (χ2n) is 9.32. The molecule has 0 unspecified atom stereocenters. The van der Waals surface area contributed by atoms with Gasteiger partial charge in [0, 0.05) is 5.56 Å². The van der Waals surface area contributed by atoms with Crippen molar-refractivity contribution >= 4 is 11.6 Å². The summed E-state index contributed by atoms with van der Waals surface area (Å²) in [5.41, 5.74) is 2.02. The molecule has 0 spiro atoms. The van der Waals surface area contributed by atoms with Crippen LogP contribution < -0.4 is 0 Å². The third-order valence-electron chi connectivity index (χ3n) is 7.10. The summed E-state index contributed by atoms with van der Waals surface area (Å²) >= 11 is 0. The highest BCUT2D eigenvalue weighted by Gasteiger charge is 2.24. The molecule has 4 rings (SSSR count). The summed E-state index contributed by atoms with van der Waals surface area (Å²) in [5, 5.41) is 0. The highest BCUT2D eigenvalue weighted by atomic mass is 19.2. The molecule has 170 valence electrons. The molecule has 2 aromatic rings.